The molecule has 15 nitrogen and oxygen atoms in total. The first-order chi connectivity index (χ1) is 26.0. The summed E-state index contributed by atoms with van der Waals surface area (Å²) in [5, 5.41) is 63.6. The Kier molecular flexibility index (Phi) is 17.6. The number of hydrogen-bond donors (Lipinski definition) is 5. The number of aliphatic hydroxyl groups is 5. The van der Waals surface area contributed by atoms with Crippen LogP contribution in [0.2, 0.25) is 0 Å². The van der Waals surface area contributed by atoms with Gasteiger partial charge in [-0.3, -0.25) is 4.79 Å². The minimum absolute atomic E-state index is 0.0281. The van der Waals surface area contributed by atoms with Gasteiger partial charge in [0, 0.05) is 37.3 Å². The van der Waals surface area contributed by atoms with Crippen molar-refractivity contribution < 1.29 is 63.6 Å². The summed E-state index contributed by atoms with van der Waals surface area (Å²) in [6, 6.07) is -0.308. The molecule has 2 unspecified atom stereocenters. The maximum Gasteiger partial charge on any atom is 0.311 e. The van der Waals surface area contributed by atoms with Gasteiger partial charge >= 0.3 is 5.97 Å². The summed E-state index contributed by atoms with van der Waals surface area (Å²) < 4.78 is 37.7. The summed E-state index contributed by atoms with van der Waals surface area (Å²) in [6.45, 7) is 19.6. The number of cyclic esters (lactones) is 1. The summed E-state index contributed by atoms with van der Waals surface area (Å²) in [7, 11) is 5.25. The Labute approximate surface area is 335 Å². The van der Waals surface area contributed by atoms with Crippen LogP contribution in [0.5, 0.6) is 0 Å². The number of rotatable bonds is 11. The number of oxime groups is 1. The Morgan fingerprint density at radius 2 is 1.55 bits per heavy atom. The SMILES string of the molecule is CCCCO/N=C1\[C@H](C)CC(C)(O)[C@H](O[C@@H]2O[C@H](C)C[C@H](N(C)C)[C@H]2O)[C@@H](C)[C@H](OC2C[C@@](C)(OC)[C@@H](O)[C@H](C)O2)[C@@H](C)C(=O)O[C@H](CC)[C@@](C)(O)[C@H](O)[C@H]1C. The molecule has 328 valence electrons. The van der Waals surface area contributed by atoms with E-state index in [1.165, 1.54) is 14.0 Å². The third-order valence-electron chi connectivity index (χ3n) is 12.6. The molecule has 3 saturated heterocycles. The molecule has 0 aromatic rings. The van der Waals surface area contributed by atoms with Crippen molar-refractivity contribution in [2.24, 2.45) is 28.8 Å². The normalized spacial score (nSPS) is 47.0. The number of carbonyl (C=O) groups excluding carboxylic acids is 1. The van der Waals surface area contributed by atoms with E-state index in [1.54, 1.807) is 48.5 Å². The third-order valence-corrected chi connectivity index (χ3v) is 12.6. The van der Waals surface area contributed by atoms with Crippen molar-refractivity contribution in [2.45, 2.75) is 199 Å². The molecule has 3 rings (SSSR count). The Bertz CT molecular complexity index is 1270. The van der Waals surface area contributed by atoms with E-state index in [-0.39, 0.29) is 31.4 Å². The molecule has 0 saturated carbocycles. The van der Waals surface area contributed by atoms with Crippen LogP contribution in [0.15, 0.2) is 5.16 Å². The van der Waals surface area contributed by atoms with E-state index in [0.29, 0.717) is 18.7 Å². The number of ether oxygens (including phenoxy) is 6. The van der Waals surface area contributed by atoms with Crippen LogP contribution in [0.3, 0.4) is 0 Å². The lowest BCUT2D eigenvalue weighted by molar-refractivity contribution is -0.317. The van der Waals surface area contributed by atoms with Crippen molar-refractivity contribution in [3.8, 4) is 0 Å². The van der Waals surface area contributed by atoms with Gasteiger partial charge in [0.15, 0.2) is 12.6 Å². The second-order valence-electron chi connectivity index (χ2n) is 17.8. The molecule has 0 aliphatic carbocycles. The lowest BCUT2D eigenvalue weighted by Crippen LogP contribution is -2.61. The number of likely N-dealkylation sites (N-methyl/N-ethyl adjacent to an activating group) is 1. The number of esters is 1. The number of carbonyl (C=O) groups is 1. The minimum Gasteiger partial charge on any atom is -0.459 e. The first kappa shape index (κ1) is 48.9. The molecule has 0 radical (unpaired) electrons. The topological polar surface area (TPSA) is 198 Å². The molecule has 0 aromatic carbocycles. The van der Waals surface area contributed by atoms with Crippen LogP contribution in [0, 0.1) is 23.7 Å². The second kappa shape index (κ2) is 20.2. The average Bonchev–Trinajstić information content (AvgIpc) is 3.12. The molecule has 18 atom stereocenters. The van der Waals surface area contributed by atoms with Crippen LogP contribution >= 0.6 is 0 Å². The number of nitrogens with zero attached hydrogens (tertiary/aromatic N) is 2. The highest BCUT2D eigenvalue weighted by Crippen LogP contribution is 2.41. The highest BCUT2D eigenvalue weighted by atomic mass is 16.7. The Balaban J connectivity index is 2.24. The fraction of sp³-hybridized carbons (Fsp3) is 0.951. The van der Waals surface area contributed by atoms with Crippen LogP contribution < -0.4 is 0 Å². The van der Waals surface area contributed by atoms with Gasteiger partial charge in [0.05, 0.1) is 53.4 Å². The maximum atomic E-state index is 14.3. The summed E-state index contributed by atoms with van der Waals surface area (Å²) >= 11 is 0. The van der Waals surface area contributed by atoms with Crippen molar-refractivity contribution in [3.63, 3.8) is 0 Å². The van der Waals surface area contributed by atoms with E-state index >= 15 is 0 Å². The first-order valence-electron chi connectivity index (χ1n) is 20.7. The van der Waals surface area contributed by atoms with E-state index in [2.05, 4.69) is 5.16 Å². The third kappa shape index (κ3) is 11.2. The second-order valence-corrected chi connectivity index (χ2v) is 17.8. The van der Waals surface area contributed by atoms with Gasteiger partial charge in [-0.2, -0.15) is 0 Å². The van der Waals surface area contributed by atoms with Gasteiger partial charge in [0.1, 0.15) is 30.5 Å². The summed E-state index contributed by atoms with van der Waals surface area (Å²) in [5.74, 6) is -3.90. The van der Waals surface area contributed by atoms with Gasteiger partial charge in [-0.1, -0.05) is 46.2 Å². The quantitative estimate of drug-likeness (QED) is 0.116. The average molecular weight is 805 g/mol. The largest absolute Gasteiger partial charge is 0.459 e. The van der Waals surface area contributed by atoms with Crippen molar-refractivity contribution in [1.82, 2.24) is 4.90 Å². The molecule has 5 N–H and O–H groups in total. The number of methoxy groups -OCH3 is 1. The van der Waals surface area contributed by atoms with E-state index in [0.717, 1.165) is 12.8 Å². The number of hydrogen-bond acceptors (Lipinski definition) is 15. The molecule has 3 aliphatic heterocycles. The molecular weight excluding hydrogens is 728 g/mol. The predicted octanol–water partition coefficient (Wildman–Crippen LogP) is 3.39. The Morgan fingerprint density at radius 1 is 0.911 bits per heavy atom. The van der Waals surface area contributed by atoms with Crippen LogP contribution in [0.25, 0.3) is 0 Å². The molecule has 56 heavy (non-hydrogen) atoms. The first-order valence-corrected chi connectivity index (χ1v) is 20.7. The van der Waals surface area contributed by atoms with Gasteiger partial charge in [0.25, 0.3) is 0 Å². The highest BCUT2D eigenvalue weighted by molar-refractivity contribution is 5.88. The minimum atomic E-state index is -1.92. The molecule has 3 heterocycles. The van der Waals surface area contributed by atoms with Gasteiger partial charge in [-0.05, 0) is 81.3 Å². The number of unbranched alkanes of at least 4 members (excludes halogenated alkanes) is 1. The van der Waals surface area contributed by atoms with Gasteiger partial charge in [-0.25, -0.2) is 0 Å². The van der Waals surface area contributed by atoms with Crippen molar-refractivity contribution in [2.75, 3.05) is 27.8 Å². The van der Waals surface area contributed by atoms with Crippen molar-refractivity contribution >= 4 is 11.7 Å². The van der Waals surface area contributed by atoms with Crippen LogP contribution in [0.1, 0.15) is 115 Å². The monoisotopic (exact) mass is 805 g/mol. The Hall–Kier alpha value is -1.50. The molecule has 0 amide bonds. The van der Waals surface area contributed by atoms with Gasteiger partial charge in [0.2, 0.25) is 0 Å². The lowest BCUT2D eigenvalue weighted by atomic mass is 9.73. The fourth-order valence-corrected chi connectivity index (χ4v) is 8.92. The maximum absolute atomic E-state index is 14.3. The summed E-state index contributed by atoms with van der Waals surface area (Å²) in [5.41, 5.74) is -4.27. The standard InChI is InChI=1S/C41H76N2O13/c1-15-17-18-51-42-31-22(3)20-39(9,48)36(56-38-32(44)28(43(12)13)19-23(4)52-38)25(6)33(55-30-21-40(10,50-14)35(46)27(8)53-30)26(7)37(47)54-29(16-2)41(11,49)34(45)24(31)5/h22-30,32-36,38,44-46,48-49H,15-21H2,1-14H3/b42-31+/t22-,23-,24+,25+,26-,27+,28+,29-,30?,32-,33+,34-,35+,36-,38+,39?,40-,41-/m1/s1. The van der Waals surface area contributed by atoms with Gasteiger partial charge < -0.3 is 63.7 Å². The molecule has 3 fully saturated rings. The predicted molar refractivity (Wildman–Crippen MR) is 210 cm³/mol. The smallest absolute Gasteiger partial charge is 0.311 e. The van der Waals surface area contributed by atoms with Crippen LogP contribution in [0.4, 0.5) is 0 Å². The molecule has 0 spiro atoms. The van der Waals surface area contributed by atoms with E-state index in [4.69, 9.17) is 33.3 Å². The zero-order valence-electron chi connectivity index (χ0n) is 36.5. The Morgan fingerprint density at radius 3 is 2.12 bits per heavy atom. The molecule has 0 bridgehead atoms. The molecule has 3 aliphatic rings. The van der Waals surface area contributed by atoms with Crippen LogP contribution in [-0.2, 0) is 38.1 Å². The zero-order chi connectivity index (χ0) is 42.5. The highest BCUT2D eigenvalue weighted by Gasteiger charge is 2.53. The van der Waals surface area contributed by atoms with Crippen molar-refractivity contribution in [1.29, 1.82) is 0 Å². The number of aliphatic hydroxyl groups excluding tert-OH is 3. The molecular formula is C41H76N2O13. The van der Waals surface area contributed by atoms with E-state index in [1.807, 2.05) is 39.8 Å². The lowest BCUT2D eigenvalue weighted by Gasteiger charge is -2.49. The summed E-state index contributed by atoms with van der Waals surface area (Å²) in [6.07, 6.45) is -7.45. The van der Waals surface area contributed by atoms with E-state index < -0.39 is 102 Å². The van der Waals surface area contributed by atoms with Crippen molar-refractivity contribution in [3.05, 3.63) is 0 Å². The molecule has 15 heteroatoms. The fourth-order valence-electron chi connectivity index (χ4n) is 8.92. The summed E-state index contributed by atoms with van der Waals surface area (Å²) in [4.78, 5) is 22.0. The zero-order valence-corrected chi connectivity index (χ0v) is 36.5. The van der Waals surface area contributed by atoms with Crippen LogP contribution in [-0.4, -0.2) is 154 Å². The molecule has 0 aromatic heterocycles. The van der Waals surface area contributed by atoms with E-state index in [9.17, 15) is 30.3 Å². The van der Waals surface area contributed by atoms with Gasteiger partial charge in [-0.15, -0.1) is 0 Å².